The number of aryl methyl sites for hydroxylation is 1. The molecular weight excluding hydrogens is 472 g/mol. The molecule has 0 saturated heterocycles. The Bertz CT molecular complexity index is 1030. The van der Waals surface area contributed by atoms with Crippen molar-refractivity contribution >= 4 is 39.1 Å². The zero-order chi connectivity index (χ0) is 21.0. The van der Waals surface area contributed by atoms with E-state index >= 15 is 0 Å². The van der Waals surface area contributed by atoms with Gasteiger partial charge < -0.3 is 19.2 Å². The molecule has 0 unspecified atom stereocenters. The fourth-order valence-corrected chi connectivity index (χ4v) is 3.18. The van der Waals surface area contributed by atoms with E-state index in [0.29, 0.717) is 27.8 Å². The van der Waals surface area contributed by atoms with Crippen LogP contribution in [0.15, 0.2) is 57.4 Å². The van der Waals surface area contributed by atoms with Crippen LogP contribution in [0.4, 0.5) is 14.5 Å². The summed E-state index contributed by atoms with van der Waals surface area (Å²) in [5.41, 5.74) is 1.02. The Balaban J connectivity index is 1.62. The topological polar surface area (TPSA) is 60.7 Å². The molecular formula is C20H15BrClF2NO4. The van der Waals surface area contributed by atoms with E-state index in [9.17, 15) is 13.6 Å². The molecule has 0 aliphatic heterocycles. The highest BCUT2D eigenvalue weighted by atomic mass is 79.9. The zero-order valence-electron chi connectivity index (χ0n) is 15.0. The van der Waals surface area contributed by atoms with Crippen LogP contribution in [-0.2, 0) is 6.61 Å². The summed E-state index contributed by atoms with van der Waals surface area (Å²) in [6.45, 7) is -1.16. The van der Waals surface area contributed by atoms with Gasteiger partial charge in [0.05, 0.1) is 5.02 Å². The first-order valence-corrected chi connectivity index (χ1v) is 9.52. The number of furan rings is 1. The summed E-state index contributed by atoms with van der Waals surface area (Å²) in [7, 11) is 0. The van der Waals surface area contributed by atoms with E-state index in [1.807, 2.05) is 0 Å². The van der Waals surface area contributed by atoms with Crippen LogP contribution in [0.5, 0.6) is 11.5 Å². The third-order valence-corrected chi connectivity index (χ3v) is 4.61. The standard InChI is InChI=1S/C20H15BrClF2NO4/c1-11-8-13(29-20(23)24)3-5-16(11)25-19(26)18-7-4-14(28-18)10-27-17-6-2-12(21)9-15(17)22/h2-9,20H,10H2,1H3,(H,25,26). The Morgan fingerprint density at radius 1 is 1.21 bits per heavy atom. The van der Waals surface area contributed by atoms with Crippen LogP contribution in [0.3, 0.4) is 0 Å². The van der Waals surface area contributed by atoms with E-state index in [0.717, 1.165) is 4.47 Å². The molecule has 0 aliphatic rings. The maximum absolute atomic E-state index is 12.4. The predicted octanol–water partition coefficient (Wildman–Crippen LogP) is 6.44. The number of ether oxygens (including phenoxy) is 2. The minimum atomic E-state index is -2.91. The minimum absolute atomic E-state index is 0.0135. The third kappa shape index (κ3) is 5.71. The number of benzene rings is 2. The van der Waals surface area contributed by atoms with Gasteiger partial charge in [0.2, 0.25) is 0 Å². The smallest absolute Gasteiger partial charge is 0.387 e. The number of carbonyl (C=O) groups is 1. The van der Waals surface area contributed by atoms with Gasteiger partial charge >= 0.3 is 6.61 Å². The Hall–Kier alpha value is -2.58. The number of halogens is 4. The van der Waals surface area contributed by atoms with E-state index in [2.05, 4.69) is 26.0 Å². The van der Waals surface area contributed by atoms with Gasteiger partial charge in [0, 0.05) is 10.2 Å². The van der Waals surface area contributed by atoms with Crippen LogP contribution < -0.4 is 14.8 Å². The Morgan fingerprint density at radius 3 is 2.69 bits per heavy atom. The van der Waals surface area contributed by atoms with Crippen LogP contribution in [0.1, 0.15) is 21.9 Å². The summed E-state index contributed by atoms with van der Waals surface area (Å²) in [5, 5.41) is 3.11. The molecule has 0 fully saturated rings. The third-order valence-electron chi connectivity index (χ3n) is 3.82. The van der Waals surface area contributed by atoms with Crippen LogP contribution in [0.25, 0.3) is 0 Å². The normalized spacial score (nSPS) is 10.8. The van der Waals surface area contributed by atoms with Crippen molar-refractivity contribution in [3.8, 4) is 11.5 Å². The number of hydrogen-bond acceptors (Lipinski definition) is 4. The molecule has 1 N–H and O–H groups in total. The molecule has 0 bridgehead atoms. The number of carbonyl (C=O) groups excluding carboxylic acids is 1. The molecule has 152 valence electrons. The molecule has 9 heteroatoms. The Labute approximate surface area is 178 Å². The lowest BCUT2D eigenvalue weighted by Crippen LogP contribution is -2.12. The largest absolute Gasteiger partial charge is 0.484 e. The molecule has 0 atom stereocenters. The second-order valence-electron chi connectivity index (χ2n) is 5.94. The first-order chi connectivity index (χ1) is 13.8. The summed E-state index contributed by atoms with van der Waals surface area (Å²) in [5.74, 6) is 0.534. The van der Waals surface area contributed by atoms with Gasteiger partial charge in [-0.2, -0.15) is 8.78 Å². The van der Waals surface area contributed by atoms with E-state index in [-0.39, 0.29) is 18.1 Å². The van der Waals surface area contributed by atoms with Gasteiger partial charge in [0.15, 0.2) is 5.76 Å². The van der Waals surface area contributed by atoms with Crippen molar-refractivity contribution in [1.82, 2.24) is 0 Å². The Morgan fingerprint density at radius 2 is 2.00 bits per heavy atom. The van der Waals surface area contributed by atoms with Gasteiger partial charge in [-0.1, -0.05) is 27.5 Å². The number of anilines is 1. The quantitative estimate of drug-likeness (QED) is 0.418. The van der Waals surface area contributed by atoms with Gasteiger partial charge in [-0.05, 0) is 61.0 Å². The average molecular weight is 487 g/mol. The molecule has 1 heterocycles. The van der Waals surface area contributed by atoms with Gasteiger partial charge in [-0.3, -0.25) is 4.79 Å². The molecule has 3 rings (SSSR count). The van der Waals surface area contributed by atoms with Crippen molar-refractivity contribution in [1.29, 1.82) is 0 Å². The monoisotopic (exact) mass is 485 g/mol. The van der Waals surface area contributed by atoms with Crippen LogP contribution in [0.2, 0.25) is 5.02 Å². The first-order valence-electron chi connectivity index (χ1n) is 8.35. The summed E-state index contributed by atoms with van der Waals surface area (Å²) in [6, 6.07) is 12.6. The molecule has 5 nitrogen and oxygen atoms in total. The van der Waals surface area contributed by atoms with Crippen molar-refractivity contribution in [2.24, 2.45) is 0 Å². The van der Waals surface area contributed by atoms with Crippen molar-refractivity contribution in [2.45, 2.75) is 20.1 Å². The predicted molar refractivity (Wildman–Crippen MR) is 108 cm³/mol. The molecule has 0 saturated carbocycles. The number of amides is 1. The summed E-state index contributed by atoms with van der Waals surface area (Å²) >= 11 is 9.41. The number of alkyl halides is 2. The minimum Gasteiger partial charge on any atom is -0.484 e. The fourth-order valence-electron chi connectivity index (χ4n) is 2.46. The van der Waals surface area contributed by atoms with Crippen LogP contribution in [-0.4, -0.2) is 12.5 Å². The highest BCUT2D eigenvalue weighted by molar-refractivity contribution is 9.10. The van der Waals surface area contributed by atoms with Gasteiger partial charge in [0.25, 0.3) is 5.91 Å². The van der Waals surface area contributed by atoms with E-state index < -0.39 is 12.5 Å². The molecule has 29 heavy (non-hydrogen) atoms. The van der Waals surface area contributed by atoms with Crippen molar-refractivity contribution in [2.75, 3.05) is 5.32 Å². The molecule has 0 radical (unpaired) electrons. The van der Waals surface area contributed by atoms with Gasteiger partial charge in [0.1, 0.15) is 23.9 Å². The van der Waals surface area contributed by atoms with E-state index in [4.69, 9.17) is 20.8 Å². The van der Waals surface area contributed by atoms with Gasteiger partial charge in [-0.15, -0.1) is 0 Å². The lowest BCUT2D eigenvalue weighted by Gasteiger charge is -2.10. The Kier molecular flexibility index (Phi) is 6.76. The molecule has 1 aromatic heterocycles. The second kappa shape index (κ2) is 9.28. The second-order valence-corrected chi connectivity index (χ2v) is 7.26. The van der Waals surface area contributed by atoms with Crippen molar-refractivity contribution in [3.63, 3.8) is 0 Å². The van der Waals surface area contributed by atoms with Gasteiger partial charge in [-0.25, -0.2) is 0 Å². The highest BCUT2D eigenvalue weighted by Crippen LogP contribution is 2.29. The maximum Gasteiger partial charge on any atom is 0.387 e. The molecule has 3 aromatic rings. The summed E-state index contributed by atoms with van der Waals surface area (Å²) < 4.78 is 40.8. The lowest BCUT2D eigenvalue weighted by molar-refractivity contribution is -0.0498. The van der Waals surface area contributed by atoms with Crippen molar-refractivity contribution in [3.05, 3.63) is 75.1 Å². The van der Waals surface area contributed by atoms with Crippen LogP contribution in [0, 0.1) is 6.92 Å². The zero-order valence-corrected chi connectivity index (χ0v) is 17.4. The van der Waals surface area contributed by atoms with E-state index in [1.54, 1.807) is 31.2 Å². The summed E-state index contributed by atoms with van der Waals surface area (Å²) in [4.78, 5) is 12.4. The molecule has 0 spiro atoms. The number of nitrogens with one attached hydrogen (secondary N) is 1. The maximum atomic E-state index is 12.4. The molecule has 2 aromatic carbocycles. The van der Waals surface area contributed by atoms with E-state index in [1.165, 1.54) is 24.3 Å². The number of hydrogen-bond donors (Lipinski definition) is 1. The molecule has 0 aliphatic carbocycles. The van der Waals surface area contributed by atoms with Crippen LogP contribution >= 0.6 is 27.5 Å². The average Bonchev–Trinajstić information content (AvgIpc) is 3.12. The highest BCUT2D eigenvalue weighted by Gasteiger charge is 2.14. The molecule has 1 amide bonds. The SMILES string of the molecule is Cc1cc(OC(F)F)ccc1NC(=O)c1ccc(COc2ccc(Br)cc2Cl)o1. The summed E-state index contributed by atoms with van der Waals surface area (Å²) in [6.07, 6.45) is 0. The fraction of sp³-hybridized carbons (Fsp3) is 0.150. The van der Waals surface area contributed by atoms with Crippen molar-refractivity contribution < 1.29 is 27.5 Å². The lowest BCUT2D eigenvalue weighted by atomic mass is 10.2. The first kappa shape index (κ1) is 21.1. The number of rotatable bonds is 7.